The summed E-state index contributed by atoms with van der Waals surface area (Å²) in [6.45, 7) is 7.21. The van der Waals surface area contributed by atoms with Crippen molar-refractivity contribution < 1.29 is 80.2 Å². The summed E-state index contributed by atoms with van der Waals surface area (Å²) in [6.07, 6.45) is 54.3. The normalized spacial score (nSPS) is 14.0. The van der Waals surface area contributed by atoms with Gasteiger partial charge in [-0.25, -0.2) is 9.13 Å². The third-order valence-electron chi connectivity index (χ3n) is 17.0. The molecule has 0 saturated carbocycles. The molecule has 0 aromatic carbocycles. The van der Waals surface area contributed by atoms with Gasteiger partial charge in [-0.3, -0.25) is 37.3 Å². The highest BCUT2D eigenvalue weighted by atomic mass is 31.2. The summed E-state index contributed by atoms with van der Waals surface area (Å²) in [7, 11) is -9.90. The highest BCUT2D eigenvalue weighted by Gasteiger charge is 2.30. The van der Waals surface area contributed by atoms with Crippen LogP contribution in [0.1, 0.15) is 381 Å². The second-order valence-electron chi connectivity index (χ2n) is 26.8. The van der Waals surface area contributed by atoms with E-state index in [0.717, 1.165) is 109 Å². The fourth-order valence-corrected chi connectivity index (χ4v) is 12.8. The second kappa shape index (κ2) is 66.3. The molecule has 5 atom stereocenters. The molecular weight excluding hydrogens is 1210 g/mol. The number of carbonyl (C=O) groups is 4. The molecule has 0 aromatic heterocycles. The smallest absolute Gasteiger partial charge is 0.462 e. The molecule has 17 nitrogen and oxygen atoms in total. The van der Waals surface area contributed by atoms with Crippen molar-refractivity contribution in [3.05, 3.63) is 0 Å². The van der Waals surface area contributed by atoms with Crippen LogP contribution in [0.15, 0.2) is 0 Å². The van der Waals surface area contributed by atoms with Gasteiger partial charge in [0, 0.05) is 25.7 Å². The molecular formula is C73H142O17P2. The molecule has 0 amide bonds. The average molecular weight is 1350 g/mol. The molecule has 0 aliphatic heterocycles. The molecule has 546 valence electrons. The van der Waals surface area contributed by atoms with Gasteiger partial charge in [-0.05, 0) is 31.6 Å². The van der Waals surface area contributed by atoms with Crippen molar-refractivity contribution in [2.45, 2.75) is 400 Å². The van der Waals surface area contributed by atoms with Gasteiger partial charge in [-0.15, -0.1) is 0 Å². The van der Waals surface area contributed by atoms with Gasteiger partial charge in [-0.2, -0.15) is 0 Å². The summed E-state index contributed by atoms with van der Waals surface area (Å²) in [6, 6.07) is 0. The molecule has 0 rings (SSSR count). The van der Waals surface area contributed by atoms with Gasteiger partial charge in [0.1, 0.15) is 19.3 Å². The Morgan fingerprint density at radius 2 is 0.500 bits per heavy atom. The highest BCUT2D eigenvalue weighted by molar-refractivity contribution is 7.47. The van der Waals surface area contributed by atoms with E-state index in [1.807, 2.05) is 0 Å². The molecule has 0 fully saturated rings. The Morgan fingerprint density at radius 3 is 0.739 bits per heavy atom. The Hall–Kier alpha value is -1.94. The first-order valence-corrected chi connectivity index (χ1v) is 41.1. The number of hydrogen-bond donors (Lipinski definition) is 3. The topological polar surface area (TPSA) is 237 Å². The minimum absolute atomic E-state index is 0.107. The number of carbonyl (C=O) groups excluding carboxylic acids is 4. The summed E-state index contributed by atoms with van der Waals surface area (Å²) in [5, 5.41) is 10.6. The number of unbranched alkanes of at least 4 members (excludes halogenated alkanes) is 45. The molecule has 0 aliphatic rings. The van der Waals surface area contributed by atoms with Gasteiger partial charge in [0.2, 0.25) is 0 Å². The van der Waals surface area contributed by atoms with Crippen molar-refractivity contribution in [2.75, 3.05) is 39.6 Å². The molecule has 3 N–H and O–H groups in total. The number of esters is 4. The van der Waals surface area contributed by atoms with E-state index in [1.54, 1.807) is 0 Å². The van der Waals surface area contributed by atoms with E-state index in [2.05, 4.69) is 34.6 Å². The summed E-state index contributed by atoms with van der Waals surface area (Å²) in [5.41, 5.74) is 0. The average Bonchev–Trinajstić information content (AvgIpc) is 2.64. The van der Waals surface area contributed by atoms with E-state index in [1.165, 1.54) is 193 Å². The molecule has 19 heteroatoms. The third-order valence-corrected chi connectivity index (χ3v) is 18.9. The minimum atomic E-state index is -4.95. The van der Waals surface area contributed by atoms with Crippen LogP contribution in [-0.2, 0) is 65.4 Å². The monoisotopic (exact) mass is 1350 g/mol. The maximum Gasteiger partial charge on any atom is 0.472 e. The number of phosphoric ester groups is 2. The highest BCUT2D eigenvalue weighted by Crippen LogP contribution is 2.45. The first-order valence-electron chi connectivity index (χ1n) is 38.1. The van der Waals surface area contributed by atoms with Crippen LogP contribution in [0.4, 0.5) is 0 Å². The standard InChI is InChI=1S/C73H142O17P2/c1-6-9-12-15-18-20-22-23-24-25-26-27-28-29-30-31-33-39-44-49-54-59-73(78)90-69(63-84-71(76)57-52-47-42-37-35-34-36-41-45-50-55-66(4)5)65-88-92(81,82)86-61-67(74)60-85-91(79,80)87-64-68(62-83-70(75)56-51-46-40-17-14-11-8-3)89-72(77)58-53-48-43-38-32-21-19-16-13-10-7-2/h66-69,74H,6-65H2,1-5H3,(H,79,80)(H,81,82)/t67-,68+,69+/m0/s1. The quantitative estimate of drug-likeness (QED) is 0.0222. The van der Waals surface area contributed by atoms with Gasteiger partial charge < -0.3 is 33.8 Å². The summed E-state index contributed by atoms with van der Waals surface area (Å²) in [4.78, 5) is 72.5. The Morgan fingerprint density at radius 1 is 0.293 bits per heavy atom. The number of hydrogen-bond acceptors (Lipinski definition) is 15. The number of ether oxygens (including phenoxy) is 4. The van der Waals surface area contributed by atoms with Crippen molar-refractivity contribution in [3.63, 3.8) is 0 Å². The Bertz CT molecular complexity index is 1770. The molecule has 0 aromatic rings. The van der Waals surface area contributed by atoms with E-state index in [9.17, 15) is 43.2 Å². The van der Waals surface area contributed by atoms with Crippen LogP contribution in [0.2, 0.25) is 0 Å². The van der Waals surface area contributed by atoms with Crippen LogP contribution in [0.3, 0.4) is 0 Å². The largest absolute Gasteiger partial charge is 0.472 e. The zero-order valence-corrected chi connectivity index (χ0v) is 61.5. The fraction of sp³-hybridized carbons (Fsp3) is 0.945. The van der Waals surface area contributed by atoms with Gasteiger partial charge in [0.15, 0.2) is 12.2 Å². The van der Waals surface area contributed by atoms with Crippen LogP contribution in [0, 0.1) is 5.92 Å². The molecule has 0 spiro atoms. The van der Waals surface area contributed by atoms with Crippen LogP contribution >= 0.6 is 15.6 Å². The lowest BCUT2D eigenvalue weighted by molar-refractivity contribution is -0.161. The number of aliphatic hydroxyl groups is 1. The van der Waals surface area contributed by atoms with Crippen LogP contribution in [0.5, 0.6) is 0 Å². The van der Waals surface area contributed by atoms with E-state index >= 15 is 0 Å². The molecule has 0 saturated heterocycles. The summed E-state index contributed by atoms with van der Waals surface area (Å²) in [5.74, 6) is -1.37. The Balaban J connectivity index is 5.15. The SMILES string of the molecule is CCCCCCCCCCCCCCCCCCCCCCCC(=O)O[C@H](COC(=O)CCCCCCCCCCCCC(C)C)COP(=O)(O)OC[C@@H](O)COP(=O)(O)OC[C@@H](COC(=O)CCCCCCCCC)OC(=O)CCCCCCCCCCCCC. The summed E-state index contributed by atoms with van der Waals surface area (Å²) < 4.78 is 68.3. The minimum Gasteiger partial charge on any atom is -0.462 e. The molecule has 92 heavy (non-hydrogen) atoms. The van der Waals surface area contributed by atoms with Gasteiger partial charge in [0.25, 0.3) is 0 Å². The fourth-order valence-electron chi connectivity index (χ4n) is 11.2. The van der Waals surface area contributed by atoms with E-state index in [4.69, 9.17) is 37.0 Å². The van der Waals surface area contributed by atoms with Crippen LogP contribution in [0.25, 0.3) is 0 Å². The number of phosphoric acid groups is 2. The van der Waals surface area contributed by atoms with Crippen molar-refractivity contribution in [2.24, 2.45) is 5.92 Å². The first kappa shape index (κ1) is 90.1. The van der Waals surface area contributed by atoms with Crippen LogP contribution < -0.4 is 0 Å². The molecule has 2 unspecified atom stereocenters. The van der Waals surface area contributed by atoms with Gasteiger partial charge in [0.05, 0.1) is 26.4 Å². The zero-order valence-electron chi connectivity index (χ0n) is 59.7. The number of aliphatic hydroxyl groups excluding tert-OH is 1. The lowest BCUT2D eigenvalue weighted by atomic mass is 10.0. The molecule has 0 heterocycles. The lowest BCUT2D eigenvalue weighted by Gasteiger charge is -2.21. The first-order chi connectivity index (χ1) is 44.5. The third kappa shape index (κ3) is 66.7. The van der Waals surface area contributed by atoms with Crippen molar-refractivity contribution >= 4 is 39.5 Å². The second-order valence-corrected chi connectivity index (χ2v) is 29.7. The number of rotatable bonds is 73. The van der Waals surface area contributed by atoms with Gasteiger partial charge in [-0.1, -0.05) is 330 Å². The van der Waals surface area contributed by atoms with E-state index in [0.29, 0.717) is 25.7 Å². The molecule has 0 radical (unpaired) electrons. The Kier molecular flexibility index (Phi) is 64.9. The van der Waals surface area contributed by atoms with Crippen molar-refractivity contribution in [3.8, 4) is 0 Å². The van der Waals surface area contributed by atoms with Crippen molar-refractivity contribution in [1.29, 1.82) is 0 Å². The Labute approximate surface area is 562 Å². The van der Waals surface area contributed by atoms with Gasteiger partial charge >= 0.3 is 39.5 Å². The zero-order chi connectivity index (χ0) is 67.7. The predicted molar refractivity (Wildman–Crippen MR) is 372 cm³/mol. The summed E-state index contributed by atoms with van der Waals surface area (Å²) >= 11 is 0. The molecule has 0 bridgehead atoms. The maximum absolute atomic E-state index is 13.1. The van der Waals surface area contributed by atoms with E-state index < -0.39 is 97.5 Å². The van der Waals surface area contributed by atoms with Crippen LogP contribution in [-0.4, -0.2) is 96.7 Å². The van der Waals surface area contributed by atoms with Crippen molar-refractivity contribution in [1.82, 2.24) is 0 Å². The predicted octanol–water partition coefficient (Wildman–Crippen LogP) is 21.3. The lowest BCUT2D eigenvalue weighted by Crippen LogP contribution is -2.30. The molecule has 0 aliphatic carbocycles. The van der Waals surface area contributed by atoms with E-state index in [-0.39, 0.29) is 25.7 Å². The maximum atomic E-state index is 13.1.